The highest BCUT2D eigenvalue weighted by Crippen LogP contribution is 2.37. The first-order chi connectivity index (χ1) is 11.7. The zero-order chi connectivity index (χ0) is 18.2. The third-order valence-corrected chi connectivity index (χ3v) is 4.48. The number of hydrogen-bond donors (Lipinski definition) is 1. The number of amides is 2. The van der Waals surface area contributed by atoms with Crippen LogP contribution < -0.4 is 5.32 Å². The van der Waals surface area contributed by atoms with Gasteiger partial charge >= 0.3 is 18.4 Å². The van der Waals surface area contributed by atoms with Crippen LogP contribution in [0, 0.1) is 0 Å². The van der Waals surface area contributed by atoms with Gasteiger partial charge in [-0.05, 0) is 18.2 Å². The minimum absolute atomic E-state index is 0.0757. The summed E-state index contributed by atoms with van der Waals surface area (Å²) >= 11 is 5.61. The normalized spacial score (nSPS) is 19.5. The average molecular weight is 379 g/mol. The van der Waals surface area contributed by atoms with Crippen molar-refractivity contribution in [3.63, 3.8) is 0 Å². The van der Waals surface area contributed by atoms with Gasteiger partial charge in [0, 0.05) is 31.0 Å². The maximum atomic E-state index is 13.1. The smallest absolute Gasteiger partial charge is 0.430 e. The summed E-state index contributed by atoms with van der Waals surface area (Å²) in [5, 5.41) is 2.20. The van der Waals surface area contributed by atoms with Crippen molar-refractivity contribution < 1.29 is 32.2 Å². The number of ether oxygens (including phenoxy) is 2. The number of cyclic esters (lactones) is 1. The molecule has 2 amide bonds. The van der Waals surface area contributed by atoms with Gasteiger partial charge in [0.2, 0.25) is 0 Å². The minimum Gasteiger partial charge on any atom is -0.430 e. The summed E-state index contributed by atoms with van der Waals surface area (Å²) < 4.78 is 49.1. The minimum atomic E-state index is -4.64. The number of likely N-dealkylation sites (tertiary alicyclic amines) is 1. The van der Waals surface area contributed by atoms with E-state index in [1.165, 1.54) is 11.0 Å². The van der Waals surface area contributed by atoms with Crippen molar-refractivity contribution in [2.24, 2.45) is 0 Å². The molecule has 2 heterocycles. The molecule has 0 saturated carbocycles. The largest absolute Gasteiger partial charge is 0.509 e. The number of rotatable bonds is 1. The number of alkyl halides is 3. The standard InChI is InChI=1S/C15H14ClF3N2O4/c16-9-1-2-11(10(7-9)15(17,18)19)20-12(22)21-5-3-14(4-6-21)8-24-13(23)25-14/h1-2,7H,3-6,8H2,(H,20,22). The quantitative estimate of drug-likeness (QED) is 0.753. The molecule has 10 heteroatoms. The lowest BCUT2D eigenvalue weighted by atomic mass is 9.92. The van der Waals surface area contributed by atoms with E-state index in [4.69, 9.17) is 21.1 Å². The second-order valence-electron chi connectivity index (χ2n) is 5.93. The number of hydrogen-bond acceptors (Lipinski definition) is 4. The molecule has 2 aliphatic heterocycles. The highest BCUT2D eigenvalue weighted by molar-refractivity contribution is 6.30. The summed E-state index contributed by atoms with van der Waals surface area (Å²) in [5.74, 6) is 0. The summed E-state index contributed by atoms with van der Waals surface area (Å²) in [6, 6.07) is 2.49. The van der Waals surface area contributed by atoms with Gasteiger partial charge in [0.05, 0.1) is 11.3 Å². The van der Waals surface area contributed by atoms with Gasteiger partial charge in [0.15, 0.2) is 5.60 Å². The fourth-order valence-corrected chi connectivity index (χ4v) is 3.02. The number of halogens is 4. The molecule has 6 nitrogen and oxygen atoms in total. The first-order valence-electron chi connectivity index (χ1n) is 7.47. The Labute approximate surface area is 145 Å². The van der Waals surface area contributed by atoms with Gasteiger partial charge in [0.25, 0.3) is 0 Å². The predicted molar refractivity (Wildman–Crippen MR) is 81.4 cm³/mol. The number of carbonyl (C=O) groups is 2. The Morgan fingerprint density at radius 3 is 2.52 bits per heavy atom. The van der Waals surface area contributed by atoms with Crippen molar-refractivity contribution in [3.05, 3.63) is 28.8 Å². The zero-order valence-corrected chi connectivity index (χ0v) is 13.6. The predicted octanol–water partition coefficient (Wildman–Crippen LogP) is 3.89. The van der Waals surface area contributed by atoms with Crippen LogP contribution in [-0.4, -0.2) is 42.4 Å². The maximum absolute atomic E-state index is 13.1. The summed E-state index contributed by atoms with van der Waals surface area (Å²) in [6.07, 6.45) is -4.67. The van der Waals surface area contributed by atoms with Crippen molar-refractivity contribution in [1.29, 1.82) is 0 Å². The Bertz CT molecular complexity index is 703. The van der Waals surface area contributed by atoms with Crippen molar-refractivity contribution in [2.75, 3.05) is 25.0 Å². The van der Waals surface area contributed by atoms with Gasteiger partial charge in [-0.1, -0.05) is 11.6 Å². The summed E-state index contributed by atoms with van der Waals surface area (Å²) in [6.45, 7) is 0.589. The molecule has 0 bridgehead atoms. The van der Waals surface area contributed by atoms with Crippen molar-refractivity contribution >= 4 is 29.5 Å². The topological polar surface area (TPSA) is 67.9 Å². The van der Waals surface area contributed by atoms with E-state index < -0.39 is 29.5 Å². The van der Waals surface area contributed by atoms with Gasteiger partial charge in [-0.3, -0.25) is 0 Å². The fraction of sp³-hybridized carbons (Fsp3) is 0.467. The Kier molecular flexibility index (Phi) is 4.44. The Morgan fingerprint density at radius 1 is 1.28 bits per heavy atom. The Hall–Kier alpha value is -2.16. The molecule has 2 aliphatic rings. The van der Waals surface area contributed by atoms with Crippen LogP contribution >= 0.6 is 11.6 Å². The second kappa shape index (κ2) is 6.29. The molecule has 0 radical (unpaired) electrons. The molecule has 136 valence electrons. The lowest BCUT2D eigenvalue weighted by Crippen LogP contribution is -2.49. The Morgan fingerprint density at radius 2 is 1.96 bits per heavy atom. The molecular formula is C15H14ClF3N2O4. The number of benzene rings is 1. The monoisotopic (exact) mass is 378 g/mol. The molecule has 1 spiro atoms. The first kappa shape index (κ1) is 17.7. The van der Waals surface area contributed by atoms with Crippen LogP contribution in [0.5, 0.6) is 0 Å². The third-order valence-electron chi connectivity index (χ3n) is 4.24. The SMILES string of the molecule is O=C1OCC2(CCN(C(=O)Nc3ccc(Cl)cc3C(F)(F)F)CC2)O1. The fourth-order valence-electron chi connectivity index (χ4n) is 2.84. The molecule has 1 N–H and O–H groups in total. The average Bonchev–Trinajstić information content (AvgIpc) is 2.89. The van der Waals surface area contributed by atoms with E-state index >= 15 is 0 Å². The highest BCUT2D eigenvalue weighted by Gasteiger charge is 2.45. The molecule has 2 saturated heterocycles. The molecule has 0 atom stereocenters. The van der Waals surface area contributed by atoms with E-state index in [9.17, 15) is 22.8 Å². The van der Waals surface area contributed by atoms with Crippen molar-refractivity contribution in [2.45, 2.75) is 24.6 Å². The van der Waals surface area contributed by atoms with Crippen molar-refractivity contribution in [3.8, 4) is 0 Å². The molecule has 1 aromatic carbocycles. The molecule has 2 fully saturated rings. The third kappa shape index (κ3) is 3.76. The van der Waals surface area contributed by atoms with Crippen LogP contribution in [0.2, 0.25) is 5.02 Å². The first-order valence-corrected chi connectivity index (χ1v) is 7.85. The second-order valence-corrected chi connectivity index (χ2v) is 6.37. The highest BCUT2D eigenvalue weighted by atomic mass is 35.5. The van der Waals surface area contributed by atoms with Crippen LogP contribution in [0.3, 0.4) is 0 Å². The van der Waals surface area contributed by atoms with E-state index in [-0.39, 0.29) is 30.4 Å². The molecule has 3 rings (SSSR count). The van der Waals surface area contributed by atoms with Crippen LogP contribution in [-0.2, 0) is 15.7 Å². The van der Waals surface area contributed by atoms with Gasteiger partial charge < -0.3 is 19.7 Å². The number of urea groups is 1. The summed E-state index contributed by atoms with van der Waals surface area (Å²) in [5.41, 5.74) is -2.12. The van der Waals surface area contributed by atoms with Gasteiger partial charge in [0.1, 0.15) is 6.61 Å². The van der Waals surface area contributed by atoms with Crippen LogP contribution in [0.4, 0.5) is 28.4 Å². The number of nitrogens with one attached hydrogen (secondary N) is 1. The lowest BCUT2D eigenvalue weighted by Gasteiger charge is -2.36. The maximum Gasteiger partial charge on any atom is 0.509 e. The van der Waals surface area contributed by atoms with Crippen LogP contribution in [0.15, 0.2) is 18.2 Å². The molecule has 0 aliphatic carbocycles. The molecule has 1 aromatic rings. The van der Waals surface area contributed by atoms with E-state index in [1.54, 1.807) is 0 Å². The van der Waals surface area contributed by atoms with E-state index in [2.05, 4.69) is 5.32 Å². The van der Waals surface area contributed by atoms with Gasteiger partial charge in [-0.15, -0.1) is 0 Å². The number of anilines is 1. The molecule has 25 heavy (non-hydrogen) atoms. The van der Waals surface area contributed by atoms with E-state index in [0.717, 1.165) is 12.1 Å². The molecule has 0 aromatic heterocycles. The van der Waals surface area contributed by atoms with Crippen molar-refractivity contribution in [1.82, 2.24) is 4.90 Å². The van der Waals surface area contributed by atoms with E-state index in [1.807, 2.05) is 0 Å². The van der Waals surface area contributed by atoms with Crippen LogP contribution in [0.1, 0.15) is 18.4 Å². The van der Waals surface area contributed by atoms with Gasteiger partial charge in [-0.25, -0.2) is 9.59 Å². The lowest BCUT2D eigenvalue weighted by molar-refractivity contribution is -0.136. The molecular weight excluding hydrogens is 365 g/mol. The number of carbonyl (C=O) groups excluding carboxylic acids is 2. The Balaban J connectivity index is 1.67. The molecule has 0 unspecified atom stereocenters. The van der Waals surface area contributed by atoms with Crippen LogP contribution in [0.25, 0.3) is 0 Å². The zero-order valence-electron chi connectivity index (χ0n) is 12.9. The summed E-state index contributed by atoms with van der Waals surface area (Å²) in [7, 11) is 0. The van der Waals surface area contributed by atoms with E-state index in [0.29, 0.717) is 12.8 Å². The summed E-state index contributed by atoms with van der Waals surface area (Å²) in [4.78, 5) is 24.7. The number of piperidine rings is 1. The number of nitrogens with zero attached hydrogens (tertiary/aromatic N) is 1. The van der Waals surface area contributed by atoms with Gasteiger partial charge in [-0.2, -0.15) is 13.2 Å².